The van der Waals surface area contributed by atoms with Gasteiger partial charge in [0.2, 0.25) is 11.8 Å². The quantitative estimate of drug-likeness (QED) is 0.420. The fraction of sp³-hybridized carbons (Fsp3) is 0.318. The van der Waals surface area contributed by atoms with Crippen molar-refractivity contribution in [3.63, 3.8) is 0 Å². The average molecular weight is 475 g/mol. The number of aryl methyl sites for hydroxylation is 1. The molecule has 2 aliphatic heterocycles. The summed E-state index contributed by atoms with van der Waals surface area (Å²) in [7, 11) is 1.62. The van der Waals surface area contributed by atoms with Crippen LogP contribution in [0.5, 0.6) is 5.75 Å². The lowest BCUT2D eigenvalue weighted by atomic mass is 9.97. The number of hydrogen-bond acceptors (Lipinski definition) is 6. The molecule has 1 aromatic carbocycles. The molecule has 4 heterocycles. The largest absolute Gasteiger partial charge is 0.616 e. The van der Waals surface area contributed by atoms with E-state index in [1.54, 1.807) is 7.11 Å². The number of thiophene rings is 1. The number of rotatable bonds is 4. The van der Waals surface area contributed by atoms with E-state index < -0.39 is 11.2 Å². The van der Waals surface area contributed by atoms with Crippen molar-refractivity contribution in [2.75, 3.05) is 12.9 Å². The topological polar surface area (TPSA) is 82.6 Å². The number of halogens is 1. The zero-order valence-corrected chi connectivity index (χ0v) is 19.2. The second-order valence-corrected chi connectivity index (χ2v) is 10.6. The van der Waals surface area contributed by atoms with Crippen molar-refractivity contribution in [3.8, 4) is 16.9 Å². The number of hydrogen-bond donors (Lipinski definition) is 0. The minimum absolute atomic E-state index is 0.0596. The third-order valence-electron chi connectivity index (χ3n) is 5.74. The van der Waals surface area contributed by atoms with Crippen molar-refractivity contribution >= 4 is 56.1 Å². The van der Waals surface area contributed by atoms with E-state index in [9.17, 15) is 14.1 Å². The second-order valence-electron chi connectivity index (χ2n) is 7.57. The molecule has 1 fully saturated rings. The van der Waals surface area contributed by atoms with Crippen LogP contribution in [0, 0.1) is 0 Å². The molecular formula is C22H19ClN2O4S2. The van der Waals surface area contributed by atoms with Crippen LogP contribution in [0.15, 0.2) is 24.3 Å². The Morgan fingerprint density at radius 2 is 1.90 bits per heavy atom. The Morgan fingerprint density at radius 3 is 2.58 bits per heavy atom. The number of methoxy groups -OCH3 is 1. The van der Waals surface area contributed by atoms with Crippen LogP contribution in [-0.4, -0.2) is 39.1 Å². The molecule has 1 atom stereocenters. The summed E-state index contributed by atoms with van der Waals surface area (Å²) in [5.41, 5.74) is 3.41. The van der Waals surface area contributed by atoms with Crippen LogP contribution in [0.4, 0.5) is 0 Å². The zero-order valence-electron chi connectivity index (χ0n) is 16.8. The standard InChI is InChI=1S/C22H19ClN2O4S2/c1-29-13-4-2-12(3-5-13)19-20-14-8-9-31(28)11-16(14)30-22(20)24-15(21(19)23)10-25-17(26)6-7-18(25)27/h2-5H,6-11H2,1H3/t31-/m1/s1. The molecule has 31 heavy (non-hydrogen) atoms. The molecular weight excluding hydrogens is 456 g/mol. The van der Waals surface area contributed by atoms with E-state index >= 15 is 0 Å². The molecule has 0 saturated carbocycles. The van der Waals surface area contributed by atoms with E-state index in [0.29, 0.717) is 28.6 Å². The predicted molar refractivity (Wildman–Crippen MR) is 122 cm³/mol. The number of carbonyl (C=O) groups is 2. The van der Waals surface area contributed by atoms with Gasteiger partial charge in [-0.05, 0) is 34.4 Å². The van der Waals surface area contributed by atoms with E-state index in [0.717, 1.165) is 37.5 Å². The minimum atomic E-state index is -0.872. The summed E-state index contributed by atoms with van der Waals surface area (Å²) in [5, 5.41) is 1.42. The van der Waals surface area contributed by atoms with Crippen molar-refractivity contribution in [2.45, 2.75) is 31.6 Å². The summed E-state index contributed by atoms with van der Waals surface area (Å²) in [4.78, 5) is 32.2. The van der Waals surface area contributed by atoms with Crippen molar-refractivity contribution in [3.05, 3.63) is 45.4 Å². The average Bonchev–Trinajstić information content (AvgIpc) is 3.28. The van der Waals surface area contributed by atoms with Crippen molar-refractivity contribution < 1.29 is 18.9 Å². The Balaban J connectivity index is 1.71. The van der Waals surface area contributed by atoms with Gasteiger partial charge in [-0.3, -0.25) is 14.5 Å². The summed E-state index contributed by atoms with van der Waals surface area (Å²) < 4.78 is 17.4. The van der Waals surface area contributed by atoms with Gasteiger partial charge in [0, 0.05) is 30.2 Å². The highest BCUT2D eigenvalue weighted by Crippen LogP contribution is 2.45. The fourth-order valence-electron chi connectivity index (χ4n) is 4.16. The zero-order chi connectivity index (χ0) is 21.7. The lowest BCUT2D eigenvalue weighted by Crippen LogP contribution is -2.29. The van der Waals surface area contributed by atoms with Crippen LogP contribution in [0.25, 0.3) is 21.3 Å². The Hall–Kier alpha value is -2.13. The maximum Gasteiger partial charge on any atom is 0.230 e. The highest BCUT2D eigenvalue weighted by molar-refractivity contribution is 7.90. The first kappa shape index (κ1) is 20.8. The van der Waals surface area contributed by atoms with Gasteiger partial charge in [0.05, 0.1) is 29.2 Å². The first-order valence-corrected chi connectivity index (χ1v) is 12.6. The van der Waals surface area contributed by atoms with Gasteiger partial charge >= 0.3 is 0 Å². The first-order chi connectivity index (χ1) is 15.0. The normalized spacial score (nSPS) is 18.7. The number of likely N-dealkylation sites (tertiary alicyclic amines) is 1. The van der Waals surface area contributed by atoms with Crippen LogP contribution in [0.3, 0.4) is 0 Å². The molecule has 1 saturated heterocycles. The van der Waals surface area contributed by atoms with Gasteiger partial charge in [-0.1, -0.05) is 23.7 Å². The monoisotopic (exact) mass is 474 g/mol. The molecule has 2 aliphatic rings. The molecule has 0 spiro atoms. The number of nitrogens with zero attached hydrogens (tertiary/aromatic N) is 2. The van der Waals surface area contributed by atoms with Gasteiger partial charge in [0.25, 0.3) is 0 Å². The maximum absolute atomic E-state index is 12.2. The highest BCUT2D eigenvalue weighted by Gasteiger charge is 2.32. The number of amides is 2. The van der Waals surface area contributed by atoms with Crippen LogP contribution < -0.4 is 4.74 Å². The van der Waals surface area contributed by atoms with Crippen LogP contribution in [0.1, 0.15) is 29.0 Å². The van der Waals surface area contributed by atoms with Crippen LogP contribution in [0.2, 0.25) is 5.02 Å². The Labute approximate surface area is 191 Å². The number of imide groups is 1. The lowest BCUT2D eigenvalue weighted by Gasteiger charge is -2.19. The smallest absolute Gasteiger partial charge is 0.230 e. The summed E-state index contributed by atoms with van der Waals surface area (Å²) in [6.45, 7) is 0.0596. The van der Waals surface area contributed by atoms with E-state index in [1.807, 2.05) is 24.3 Å². The molecule has 6 nitrogen and oxygen atoms in total. The molecule has 3 aromatic rings. The van der Waals surface area contributed by atoms with Gasteiger partial charge < -0.3 is 9.29 Å². The fourth-order valence-corrected chi connectivity index (χ4v) is 7.18. The molecule has 0 radical (unpaired) electrons. The minimum Gasteiger partial charge on any atom is -0.616 e. The van der Waals surface area contributed by atoms with E-state index in [2.05, 4.69) is 0 Å². The van der Waals surface area contributed by atoms with Crippen molar-refractivity contribution in [1.82, 2.24) is 9.88 Å². The third-order valence-corrected chi connectivity index (χ3v) is 8.73. The molecule has 160 valence electrons. The molecule has 5 rings (SSSR count). The van der Waals surface area contributed by atoms with Crippen LogP contribution in [-0.2, 0) is 39.5 Å². The number of benzene rings is 1. The molecule has 0 unspecified atom stereocenters. The summed E-state index contributed by atoms with van der Waals surface area (Å²) in [6.07, 6.45) is 1.16. The molecule has 2 aromatic heterocycles. The predicted octanol–water partition coefficient (Wildman–Crippen LogP) is 4.08. The van der Waals surface area contributed by atoms with Crippen molar-refractivity contribution in [2.24, 2.45) is 0 Å². The van der Waals surface area contributed by atoms with E-state index in [1.165, 1.54) is 16.2 Å². The Bertz CT molecular complexity index is 1190. The summed E-state index contributed by atoms with van der Waals surface area (Å²) in [6, 6.07) is 7.64. The highest BCUT2D eigenvalue weighted by atomic mass is 35.5. The molecule has 0 bridgehead atoms. The lowest BCUT2D eigenvalue weighted by molar-refractivity contribution is -0.139. The van der Waals surface area contributed by atoms with Crippen LogP contribution >= 0.6 is 22.9 Å². The van der Waals surface area contributed by atoms with Crippen molar-refractivity contribution in [1.29, 1.82) is 0 Å². The number of pyridine rings is 1. The molecule has 2 amide bonds. The summed E-state index contributed by atoms with van der Waals surface area (Å²) >= 11 is 7.55. The maximum atomic E-state index is 12.2. The van der Waals surface area contributed by atoms with Gasteiger partial charge in [0.15, 0.2) is 0 Å². The number of aromatic nitrogens is 1. The number of fused-ring (bicyclic) bond motifs is 3. The van der Waals surface area contributed by atoms with Gasteiger partial charge in [0.1, 0.15) is 22.1 Å². The molecule has 9 heteroatoms. The third kappa shape index (κ3) is 3.61. The van der Waals surface area contributed by atoms with Gasteiger partial charge in [-0.25, -0.2) is 4.98 Å². The molecule has 0 N–H and O–H groups in total. The van der Waals surface area contributed by atoms with Gasteiger partial charge in [-0.15, -0.1) is 11.3 Å². The number of carbonyl (C=O) groups excluding carboxylic acids is 2. The Kier molecular flexibility index (Phi) is 5.42. The first-order valence-electron chi connectivity index (χ1n) is 9.91. The van der Waals surface area contributed by atoms with Gasteiger partial charge in [-0.2, -0.15) is 0 Å². The van der Waals surface area contributed by atoms with E-state index in [-0.39, 0.29) is 31.2 Å². The SMILES string of the molecule is COc1ccc(-c2c(Cl)c(CN3C(=O)CCC3=O)nc3sc4c(c23)CC[S@@+]([O-])C4)cc1. The Morgan fingerprint density at radius 1 is 1.19 bits per heavy atom. The number of ether oxygens (including phenoxy) is 1. The molecule has 0 aliphatic carbocycles. The van der Waals surface area contributed by atoms with E-state index in [4.69, 9.17) is 21.3 Å². The second kappa shape index (κ2) is 8.09. The summed E-state index contributed by atoms with van der Waals surface area (Å²) in [5.74, 6) is 1.48.